The average molecular weight is 350 g/mol. The molecule has 5 nitrogen and oxygen atoms in total. The highest BCUT2D eigenvalue weighted by atomic mass is 16.1. The van der Waals surface area contributed by atoms with Crippen LogP contribution in [-0.2, 0) is 6.42 Å². The molecule has 0 spiro atoms. The molecular weight excluding hydrogens is 324 g/mol. The first-order valence-corrected chi connectivity index (χ1v) is 9.73. The lowest BCUT2D eigenvalue weighted by atomic mass is 9.84. The van der Waals surface area contributed by atoms with E-state index >= 15 is 0 Å². The van der Waals surface area contributed by atoms with E-state index in [1.165, 1.54) is 48.7 Å². The van der Waals surface area contributed by atoms with E-state index < -0.39 is 0 Å². The summed E-state index contributed by atoms with van der Waals surface area (Å²) in [6, 6.07) is 6.75. The largest absolute Gasteiger partial charge is 0.317 e. The molecule has 1 aliphatic carbocycles. The van der Waals surface area contributed by atoms with Gasteiger partial charge < -0.3 is 5.32 Å². The Morgan fingerprint density at radius 2 is 2.08 bits per heavy atom. The summed E-state index contributed by atoms with van der Waals surface area (Å²) in [5.74, 6) is 0.962. The molecule has 2 aromatic rings. The minimum absolute atomic E-state index is 0.00484. The topological polar surface area (TPSA) is 70.7 Å². The zero-order valence-corrected chi connectivity index (χ0v) is 15.1. The molecular formula is C21H26N4O. The highest BCUT2D eigenvalue weighted by Crippen LogP contribution is 2.34. The Morgan fingerprint density at radius 1 is 1.19 bits per heavy atom. The number of nitrogens with zero attached hydrogens (tertiary/aromatic N) is 2. The minimum Gasteiger partial charge on any atom is -0.317 e. The van der Waals surface area contributed by atoms with E-state index in [0.29, 0.717) is 18.2 Å². The number of carbonyl (C=O) groups excluding carboxylic acids is 1. The van der Waals surface area contributed by atoms with Crippen molar-refractivity contribution >= 4 is 11.4 Å². The predicted molar refractivity (Wildman–Crippen MR) is 102 cm³/mol. The van der Waals surface area contributed by atoms with Crippen molar-refractivity contribution in [2.45, 2.75) is 50.9 Å². The van der Waals surface area contributed by atoms with Crippen molar-refractivity contribution in [2.75, 3.05) is 13.1 Å². The van der Waals surface area contributed by atoms with E-state index in [4.69, 9.17) is 0 Å². The summed E-state index contributed by atoms with van der Waals surface area (Å²) in [6.07, 6.45) is 11.3. The van der Waals surface area contributed by atoms with Gasteiger partial charge in [0.05, 0.1) is 0 Å². The van der Waals surface area contributed by atoms with E-state index in [-0.39, 0.29) is 5.78 Å². The molecule has 1 fully saturated rings. The third-order valence-corrected chi connectivity index (χ3v) is 5.61. The van der Waals surface area contributed by atoms with E-state index in [9.17, 15) is 4.79 Å². The number of Topliss-reactive ketones (excluding diaryl/α,β-unsaturated/α-hetero) is 1. The fraction of sp³-hybridized carbons (Fsp3) is 0.476. The highest BCUT2D eigenvalue weighted by molar-refractivity contribution is 5.94. The third-order valence-electron chi connectivity index (χ3n) is 5.61. The number of benzene rings is 1. The second-order valence-electron chi connectivity index (χ2n) is 7.35. The van der Waals surface area contributed by atoms with Crippen molar-refractivity contribution in [3.8, 4) is 0 Å². The van der Waals surface area contributed by atoms with Gasteiger partial charge in [-0.15, -0.1) is 0 Å². The SMILES string of the molecule is O=C(Cc1ccc(C2CCNCC2)cc1C1=CCCCC1)c1ncn[nH]1. The Labute approximate surface area is 154 Å². The van der Waals surface area contributed by atoms with Crippen LogP contribution in [-0.4, -0.2) is 34.1 Å². The monoisotopic (exact) mass is 350 g/mol. The zero-order chi connectivity index (χ0) is 17.8. The van der Waals surface area contributed by atoms with Crippen LogP contribution in [0, 0.1) is 0 Å². The predicted octanol–water partition coefficient (Wildman–Crippen LogP) is 3.65. The highest BCUT2D eigenvalue weighted by Gasteiger charge is 2.20. The van der Waals surface area contributed by atoms with Crippen LogP contribution in [0.1, 0.15) is 71.8 Å². The number of aromatic nitrogens is 3. The van der Waals surface area contributed by atoms with Crippen LogP contribution in [0.3, 0.4) is 0 Å². The molecule has 136 valence electrons. The molecule has 2 heterocycles. The van der Waals surface area contributed by atoms with Crippen LogP contribution < -0.4 is 5.32 Å². The Kier molecular flexibility index (Phi) is 5.25. The normalized spacial score (nSPS) is 18.5. The Hall–Kier alpha value is -2.27. The number of hydrogen-bond donors (Lipinski definition) is 2. The Bertz CT molecular complexity index is 788. The fourth-order valence-corrected chi connectivity index (χ4v) is 4.14. The molecule has 0 radical (unpaired) electrons. The van der Waals surface area contributed by atoms with Gasteiger partial charge in [0.1, 0.15) is 6.33 Å². The van der Waals surface area contributed by atoms with Gasteiger partial charge in [-0.1, -0.05) is 24.3 Å². The van der Waals surface area contributed by atoms with Crippen molar-refractivity contribution in [3.63, 3.8) is 0 Å². The van der Waals surface area contributed by atoms with Crippen LogP contribution in [0.4, 0.5) is 0 Å². The molecule has 1 aromatic heterocycles. The maximum absolute atomic E-state index is 12.5. The maximum atomic E-state index is 12.5. The summed E-state index contributed by atoms with van der Waals surface area (Å²) in [5.41, 5.74) is 5.21. The Morgan fingerprint density at radius 3 is 2.81 bits per heavy atom. The van der Waals surface area contributed by atoms with Gasteiger partial charge in [-0.05, 0) is 79.8 Å². The number of H-pyrrole nitrogens is 1. The van der Waals surface area contributed by atoms with Crippen molar-refractivity contribution in [2.24, 2.45) is 0 Å². The van der Waals surface area contributed by atoms with E-state index in [1.54, 1.807) is 0 Å². The number of hydrogen-bond acceptors (Lipinski definition) is 4. The van der Waals surface area contributed by atoms with Gasteiger partial charge >= 0.3 is 0 Å². The lowest BCUT2D eigenvalue weighted by Crippen LogP contribution is -2.26. The zero-order valence-electron chi connectivity index (χ0n) is 15.1. The van der Waals surface area contributed by atoms with Crippen molar-refractivity contribution in [1.82, 2.24) is 20.5 Å². The molecule has 1 saturated heterocycles. The molecule has 0 saturated carbocycles. The van der Waals surface area contributed by atoms with Gasteiger partial charge in [0.2, 0.25) is 5.78 Å². The number of rotatable bonds is 5. The second kappa shape index (κ2) is 7.96. The number of allylic oxidation sites excluding steroid dienone is 2. The fourth-order valence-electron chi connectivity index (χ4n) is 4.14. The van der Waals surface area contributed by atoms with Gasteiger partial charge in [-0.25, -0.2) is 4.98 Å². The lowest BCUT2D eigenvalue weighted by Gasteiger charge is -2.25. The first-order chi connectivity index (χ1) is 12.8. The van der Waals surface area contributed by atoms with Gasteiger partial charge in [0.15, 0.2) is 5.82 Å². The molecule has 0 atom stereocenters. The summed E-state index contributed by atoms with van der Waals surface area (Å²) in [5, 5.41) is 9.93. The quantitative estimate of drug-likeness (QED) is 0.808. The third kappa shape index (κ3) is 3.78. The van der Waals surface area contributed by atoms with E-state index in [2.05, 4.69) is 44.8 Å². The smallest absolute Gasteiger partial charge is 0.203 e. The summed E-state index contributed by atoms with van der Waals surface area (Å²) in [4.78, 5) is 16.5. The number of aromatic amines is 1. The molecule has 2 aliphatic rings. The standard InChI is InChI=1S/C21H26N4O/c26-20(21-23-14-24-25-21)13-18-7-6-17(15-8-10-22-11-9-15)12-19(18)16-4-2-1-3-5-16/h4,6-7,12,14-15,22H,1-3,5,8-11,13H2,(H,23,24,25). The van der Waals surface area contributed by atoms with Crippen molar-refractivity contribution in [3.05, 3.63) is 53.1 Å². The average Bonchev–Trinajstić information content (AvgIpc) is 3.25. The van der Waals surface area contributed by atoms with Crippen LogP contribution in [0.2, 0.25) is 0 Å². The first-order valence-electron chi connectivity index (χ1n) is 9.73. The van der Waals surface area contributed by atoms with Gasteiger partial charge in [-0.3, -0.25) is 9.89 Å². The molecule has 4 rings (SSSR count). The molecule has 0 amide bonds. The summed E-state index contributed by atoms with van der Waals surface area (Å²) in [6.45, 7) is 2.18. The molecule has 1 aliphatic heterocycles. The summed E-state index contributed by atoms with van der Waals surface area (Å²) in [7, 11) is 0. The van der Waals surface area contributed by atoms with Gasteiger partial charge in [0, 0.05) is 6.42 Å². The second-order valence-corrected chi connectivity index (χ2v) is 7.35. The molecule has 2 N–H and O–H groups in total. The van der Waals surface area contributed by atoms with Crippen LogP contribution >= 0.6 is 0 Å². The first kappa shape index (κ1) is 17.2. The number of piperidine rings is 1. The molecule has 0 bridgehead atoms. The number of ketones is 1. The van der Waals surface area contributed by atoms with Crippen LogP contribution in [0.25, 0.3) is 5.57 Å². The van der Waals surface area contributed by atoms with Gasteiger partial charge in [-0.2, -0.15) is 5.10 Å². The van der Waals surface area contributed by atoms with Crippen molar-refractivity contribution < 1.29 is 4.79 Å². The Balaban J connectivity index is 1.65. The number of nitrogens with one attached hydrogen (secondary N) is 2. The van der Waals surface area contributed by atoms with Crippen LogP contribution in [0.5, 0.6) is 0 Å². The minimum atomic E-state index is -0.00484. The summed E-state index contributed by atoms with van der Waals surface area (Å²) >= 11 is 0. The molecule has 0 unspecified atom stereocenters. The van der Waals surface area contributed by atoms with E-state index in [1.807, 2.05) is 0 Å². The molecule has 5 heteroatoms. The molecule has 26 heavy (non-hydrogen) atoms. The van der Waals surface area contributed by atoms with E-state index in [0.717, 1.165) is 31.5 Å². The van der Waals surface area contributed by atoms with Crippen molar-refractivity contribution in [1.29, 1.82) is 0 Å². The maximum Gasteiger partial charge on any atom is 0.203 e. The lowest BCUT2D eigenvalue weighted by molar-refractivity contribution is 0.0983. The van der Waals surface area contributed by atoms with Crippen LogP contribution in [0.15, 0.2) is 30.6 Å². The molecule has 1 aromatic carbocycles. The van der Waals surface area contributed by atoms with Gasteiger partial charge in [0.25, 0.3) is 0 Å². The number of carbonyl (C=O) groups is 1. The summed E-state index contributed by atoms with van der Waals surface area (Å²) < 4.78 is 0.